The second kappa shape index (κ2) is 7.28. The number of hydrogen-bond acceptors (Lipinski definition) is 1. The summed E-state index contributed by atoms with van der Waals surface area (Å²) in [6, 6.07) is 0. The summed E-state index contributed by atoms with van der Waals surface area (Å²) < 4.78 is 5.44. The van der Waals surface area contributed by atoms with E-state index in [1.165, 1.54) is 19.3 Å². The topological polar surface area (TPSA) is 9.23 Å². The molecule has 3 unspecified atom stereocenters. The van der Waals surface area contributed by atoms with Crippen LogP contribution >= 0.6 is 0 Å². The Morgan fingerprint density at radius 1 is 1.07 bits per heavy atom. The van der Waals surface area contributed by atoms with Crippen LogP contribution in [0.25, 0.3) is 0 Å². The van der Waals surface area contributed by atoms with Crippen LogP contribution in [0.4, 0.5) is 0 Å². The van der Waals surface area contributed by atoms with Crippen molar-refractivity contribution < 1.29 is 4.74 Å². The molecule has 0 N–H and O–H groups in total. The molecule has 1 aliphatic rings. The predicted molar refractivity (Wildman–Crippen MR) is 63.5 cm³/mol. The SMILES string of the molecule is CC.COC1CC(C)CC(C(C)C)C1. The number of hydrogen-bond donors (Lipinski definition) is 0. The van der Waals surface area contributed by atoms with Gasteiger partial charge in [0.2, 0.25) is 0 Å². The van der Waals surface area contributed by atoms with Gasteiger partial charge in [-0.05, 0) is 37.0 Å². The summed E-state index contributed by atoms with van der Waals surface area (Å²) in [6.45, 7) is 11.0. The van der Waals surface area contributed by atoms with Crippen LogP contribution in [0.15, 0.2) is 0 Å². The van der Waals surface area contributed by atoms with Gasteiger partial charge in [-0.2, -0.15) is 0 Å². The molecule has 0 aromatic rings. The Balaban J connectivity index is 0.000000791. The van der Waals surface area contributed by atoms with E-state index < -0.39 is 0 Å². The molecule has 3 atom stereocenters. The average molecular weight is 200 g/mol. The Morgan fingerprint density at radius 2 is 1.64 bits per heavy atom. The van der Waals surface area contributed by atoms with Gasteiger partial charge in [-0.1, -0.05) is 34.6 Å². The highest BCUT2D eigenvalue weighted by atomic mass is 16.5. The molecule has 0 radical (unpaired) electrons. The van der Waals surface area contributed by atoms with Gasteiger partial charge in [-0.3, -0.25) is 0 Å². The fourth-order valence-electron chi connectivity index (χ4n) is 2.33. The van der Waals surface area contributed by atoms with Gasteiger partial charge in [0, 0.05) is 7.11 Å². The lowest BCUT2D eigenvalue weighted by Gasteiger charge is -2.34. The Bertz CT molecular complexity index is 131. The Kier molecular flexibility index (Phi) is 7.26. The van der Waals surface area contributed by atoms with Crippen molar-refractivity contribution >= 4 is 0 Å². The molecule has 1 saturated carbocycles. The van der Waals surface area contributed by atoms with Crippen LogP contribution in [-0.4, -0.2) is 13.2 Å². The number of methoxy groups -OCH3 is 1. The maximum absolute atomic E-state index is 5.44. The van der Waals surface area contributed by atoms with E-state index in [1.54, 1.807) is 0 Å². The summed E-state index contributed by atoms with van der Waals surface area (Å²) >= 11 is 0. The van der Waals surface area contributed by atoms with Crippen molar-refractivity contribution in [2.45, 2.75) is 60.0 Å². The largest absolute Gasteiger partial charge is 0.381 e. The molecule has 1 rings (SSSR count). The van der Waals surface area contributed by atoms with Crippen molar-refractivity contribution in [1.29, 1.82) is 0 Å². The van der Waals surface area contributed by atoms with Crippen molar-refractivity contribution in [3.05, 3.63) is 0 Å². The van der Waals surface area contributed by atoms with Crippen molar-refractivity contribution in [2.24, 2.45) is 17.8 Å². The molecule has 0 aliphatic heterocycles. The van der Waals surface area contributed by atoms with Crippen LogP contribution in [0.1, 0.15) is 53.9 Å². The van der Waals surface area contributed by atoms with Gasteiger partial charge in [0.05, 0.1) is 6.10 Å². The minimum atomic E-state index is 0.529. The second-order valence-electron chi connectivity index (χ2n) is 4.67. The summed E-state index contributed by atoms with van der Waals surface area (Å²) in [5, 5.41) is 0. The van der Waals surface area contributed by atoms with E-state index in [0.29, 0.717) is 6.10 Å². The number of ether oxygens (including phenoxy) is 1. The lowest BCUT2D eigenvalue weighted by Crippen LogP contribution is -2.29. The zero-order chi connectivity index (χ0) is 11.1. The minimum Gasteiger partial charge on any atom is -0.381 e. The molecule has 14 heavy (non-hydrogen) atoms. The third kappa shape index (κ3) is 4.45. The zero-order valence-corrected chi connectivity index (χ0v) is 10.8. The highest BCUT2D eigenvalue weighted by molar-refractivity contribution is 4.78. The van der Waals surface area contributed by atoms with Crippen molar-refractivity contribution in [3.63, 3.8) is 0 Å². The zero-order valence-electron chi connectivity index (χ0n) is 10.8. The van der Waals surface area contributed by atoms with E-state index in [2.05, 4.69) is 20.8 Å². The molecule has 0 aromatic heterocycles. The summed E-state index contributed by atoms with van der Waals surface area (Å²) in [5.41, 5.74) is 0. The fraction of sp³-hybridized carbons (Fsp3) is 1.00. The molecule has 1 nitrogen and oxygen atoms in total. The molecule has 0 bridgehead atoms. The maximum atomic E-state index is 5.44. The smallest absolute Gasteiger partial charge is 0.0576 e. The van der Waals surface area contributed by atoms with Crippen LogP contribution in [-0.2, 0) is 4.74 Å². The monoisotopic (exact) mass is 200 g/mol. The first-order valence-corrected chi connectivity index (χ1v) is 6.16. The predicted octanol–water partition coefficient (Wildman–Crippen LogP) is 4.12. The van der Waals surface area contributed by atoms with E-state index in [-0.39, 0.29) is 0 Å². The van der Waals surface area contributed by atoms with E-state index in [0.717, 1.165) is 17.8 Å². The lowest BCUT2D eigenvalue weighted by atomic mass is 9.75. The molecule has 0 aromatic carbocycles. The minimum absolute atomic E-state index is 0.529. The first kappa shape index (κ1) is 14.0. The van der Waals surface area contributed by atoms with E-state index in [9.17, 15) is 0 Å². The molecule has 86 valence electrons. The van der Waals surface area contributed by atoms with Gasteiger partial charge in [-0.25, -0.2) is 0 Å². The average Bonchev–Trinajstić information content (AvgIpc) is 2.20. The van der Waals surface area contributed by atoms with Gasteiger partial charge >= 0.3 is 0 Å². The molecular formula is C13H28O. The first-order valence-electron chi connectivity index (χ1n) is 6.16. The molecule has 1 aliphatic carbocycles. The van der Waals surface area contributed by atoms with E-state index >= 15 is 0 Å². The molecule has 0 heterocycles. The van der Waals surface area contributed by atoms with Gasteiger partial charge in [-0.15, -0.1) is 0 Å². The first-order chi connectivity index (χ1) is 6.63. The van der Waals surface area contributed by atoms with E-state index in [1.807, 2.05) is 21.0 Å². The third-order valence-corrected chi connectivity index (χ3v) is 3.21. The normalized spacial score (nSPS) is 32.4. The van der Waals surface area contributed by atoms with Crippen LogP contribution in [0.3, 0.4) is 0 Å². The van der Waals surface area contributed by atoms with Crippen LogP contribution in [0, 0.1) is 17.8 Å². The van der Waals surface area contributed by atoms with Crippen LogP contribution in [0.2, 0.25) is 0 Å². The Hall–Kier alpha value is -0.0400. The quantitative estimate of drug-likeness (QED) is 0.651. The van der Waals surface area contributed by atoms with Gasteiger partial charge in [0.15, 0.2) is 0 Å². The van der Waals surface area contributed by atoms with E-state index in [4.69, 9.17) is 4.74 Å². The summed E-state index contributed by atoms with van der Waals surface area (Å²) in [5.74, 6) is 2.57. The van der Waals surface area contributed by atoms with Gasteiger partial charge in [0.1, 0.15) is 0 Å². The molecule has 1 fully saturated rings. The Labute approximate surface area is 90.2 Å². The van der Waals surface area contributed by atoms with Crippen LogP contribution < -0.4 is 0 Å². The van der Waals surface area contributed by atoms with Crippen LogP contribution in [0.5, 0.6) is 0 Å². The Morgan fingerprint density at radius 3 is 2.07 bits per heavy atom. The van der Waals surface area contributed by atoms with Crippen molar-refractivity contribution in [1.82, 2.24) is 0 Å². The summed E-state index contributed by atoms with van der Waals surface area (Å²) in [6.07, 6.45) is 4.47. The fourth-order valence-corrected chi connectivity index (χ4v) is 2.33. The van der Waals surface area contributed by atoms with Crippen molar-refractivity contribution in [3.8, 4) is 0 Å². The molecular weight excluding hydrogens is 172 g/mol. The highest BCUT2D eigenvalue weighted by Gasteiger charge is 2.27. The van der Waals surface area contributed by atoms with Gasteiger partial charge < -0.3 is 4.74 Å². The molecule has 1 heteroatoms. The highest BCUT2D eigenvalue weighted by Crippen LogP contribution is 2.34. The van der Waals surface area contributed by atoms with Crippen molar-refractivity contribution in [2.75, 3.05) is 7.11 Å². The standard InChI is InChI=1S/C11H22O.C2H6/c1-8(2)10-5-9(3)6-11(7-10)12-4;1-2/h8-11H,5-7H2,1-4H3;1-2H3. The van der Waals surface area contributed by atoms with Gasteiger partial charge in [0.25, 0.3) is 0 Å². The number of rotatable bonds is 2. The summed E-state index contributed by atoms with van der Waals surface area (Å²) in [4.78, 5) is 0. The maximum Gasteiger partial charge on any atom is 0.0576 e. The third-order valence-electron chi connectivity index (χ3n) is 3.21. The molecule has 0 saturated heterocycles. The molecule has 0 amide bonds. The summed E-state index contributed by atoms with van der Waals surface area (Å²) in [7, 11) is 1.85. The molecule has 0 spiro atoms. The second-order valence-corrected chi connectivity index (χ2v) is 4.67. The lowest BCUT2D eigenvalue weighted by molar-refractivity contribution is 0.0213.